The van der Waals surface area contributed by atoms with Crippen LogP contribution in [-0.4, -0.2) is 48.4 Å². The fourth-order valence-electron chi connectivity index (χ4n) is 5.24. The Morgan fingerprint density at radius 2 is 1.91 bits per heavy atom. The van der Waals surface area contributed by atoms with Crippen LogP contribution in [0.2, 0.25) is 0 Å². The van der Waals surface area contributed by atoms with Crippen LogP contribution in [0.1, 0.15) is 53.6 Å². The van der Waals surface area contributed by atoms with Crippen LogP contribution in [0, 0.1) is 16.7 Å². The molecule has 1 saturated carbocycles. The summed E-state index contributed by atoms with van der Waals surface area (Å²) in [5.74, 6) is -0.299. The number of nitrogens with one attached hydrogen (secondary N) is 1. The third kappa shape index (κ3) is 4.59. The Morgan fingerprint density at radius 1 is 1.17 bits per heavy atom. The minimum Gasteiger partial charge on any atom is -0.472 e. The predicted octanol–water partition coefficient (Wildman–Crippen LogP) is 3.95. The van der Waals surface area contributed by atoms with Crippen molar-refractivity contribution in [3.63, 3.8) is 0 Å². The summed E-state index contributed by atoms with van der Waals surface area (Å²) in [7, 11) is 0. The first-order valence-electron chi connectivity index (χ1n) is 11.7. The standard InChI is InChI=1S/C25H25F3N4O3/c26-25(27,28)20-11-19(4-1-16(20)13-29)32-15-24(12-21(32)22(33)30-18-2-3-18)6-8-31(9-7-24)23(34)17-5-10-35-14-17/h1,4-5,10-11,14,18,21H,2-3,6-9,12,15H2,(H,30,33). The molecule has 1 N–H and O–H groups in total. The van der Waals surface area contributed by atoms with E-state index in [-0.39, 0.29) is 29.0 Å². The van der Waals surface area contributed by atoms with Crippen molar-refractivity contribution in [3.05, 3.63) is 53.5 Å². The molecule has 2 amide bonds. The van der Waals surface area contributed by atoms with Crippen molar-refractivity contribution in [1.82, 2.24) is 10.2 Å². The number of anilines is 1. The lowest BCUT2D eigenvalue weighted by Gasteiger charge is -2.39. The molecular weight excluding hydrogens is 461 g/mol. The van der Waals surface area contributed by atoms with Crippen LogP contribution in [0.15, 0.2) is 41.2 Å². The van der Waals surface area contributed by atoms with Gasteiger partial charge in [-0.25, -0.2) is 0 Å². The van der Waals surface area contributed by atoms with E-state index in [1.807, 2.05) is 0 Å². The lowest BCUT2D eigenvalue weighted by molar-refractivity contribution is -0.137. The van der Waals surface area contributed by atoms with Crippen LogP contribution in [0.5, 0.6) is 0 Å². The summed E-state index contributed by atoms with van der Waals surface area (Å²) in [6.07, 6.45) is 1.78. The summed E-state index contributed by atoms with van der Waals surface area (Å²) in [5, 5.41) is 12.2. The molecule has 1 aliphatic carbocycles. The van der Waals surface area contributed by atoms with E-state index in [9.17, 15) is 22.8 Å². The second-order valence-electron chi connectivity index (χ2n) is 9.77. The Morgan fingerprint density at radius 3 is 2.51 bits per heavy atom. The highest BCUT2D eigenvalue weighted by Crippen LogP contribution is 2.46. The molecule has 0 bridgehead atoms. The van der Waals surface area contributed by atoms with Crippen molar-refractivity contribution in [3.8, 4) is 6.07 Å². The molecule has 3 aliphatic rings. The van der Waals surface area contributed by atoms with Crippen LogP contribution in [0.25, 0.3) is 0 Å². The van der Waals surface area contributed by atoms with Gasteiger partial charge in [-0.1, -0.05) is 0 Å². The third-order valence-electron chi connectivity index (χ3n) is 7.37. The molecule has 10 heteroatoms. The van der Waals surface area contributed by atoms with E-state index in [1.165, 1.54) is 24.7 Å². The summed E-state index contributed by atoms with van der Waals surface area (Å²) in [5.41, 5.74) is -0.986. The van der Waals surface area contributed by atoms with Crippen LogP contribution in [0.3, 0.4) is 0 Å². The van der Waals surface area contributed by atoms with E-state index >= 15 is 0 Å². The van der Waals surface area contributed by atoms with E-state index in [2.05, 4.69) is 5.32 Å². The number of alkyl halides is 3. The summed E-state index contributed by atoms with van der Waals surface area (Å²) >= 11 is 0. The molecule has 184 valence electrons. The molecule has 1 spiro atoms. The maximum atomic E-state index is 13.6. The van der Waals surface area contributed by atoms with Gasteiger partial charge < -0.3 is 19.5 Å². The molecule has 0 radical (unpaired) electrons. The van der Waals surface area contributed by atoms with Crippen LogP contribution in [0.4, 0.5) is 18.9 Å². The van der Waals surface area contributed by atoms with Gasteiger partial charge in [-0.2, -0.15) is 18.4 Å². The van der Waals surface area contributed by atoms with Crippen molar-refractivity contribution in [2.75, 3.05) is 24.5 Å². The highest BCUT2D eigenvalue weighted by Gasteiger charge is 2.49. The second-order valence-corrected chi connectivity index (χ2v) is 9.77. The van der Waals surface area contributed by atoms with Crippen molar-refractivity contribution in [1.29, 1.82) is 5.26 Å². The van der Waals surface area contributed by atoms with Crippen molar-refractivity contribution in [2.24, 2.45) is 5.41 Å². The first kappa shape index (κ1) is 23.3. The first-order chi connectivity index (χ1) is 16.7. The third-order valence-corrected chi connectivity index (χ3v) is 7.37. The maximum Gasteiger partial charge on any atom is 0.417 e. The Balaban J connectivity index is 1.40. The molecule has 1 aromatic carbocycles. The number of rotatable bonds is 4. The SMILES string of the molecule is N#Cc1ccc(N2CC3(CCN(C(=O)c4ccoc4)CC3)CC2C(=O)NC2CC2)cc1C(F)(F)F. The van der Waals surface area contributed by atoms with Gasteiger partial charge in [-0.3, -0.25) is 9.59 Å². The Labute approximate surface area is 200 Å². The molecule has 3 heterocycles. The average molecular weight is 486 g/mol. The van der Waals surface area contributed by atoms with E-state index in [1.54, 1.807) is 21.9 Å². The van der Waals surface area contributed by atoms with Gasteiger partial charge in [0.2, 0.25) is 5.91 Å². The number of amides is 2. The Hall–Kier alpha value is -3.48. The van der Waals surface area contributed by atoms with Gasteiger partial charge in [0, 0.05) is 31.4 Å². The number of nitrogens with zero attached hydrogens (tertiary/aromatic N) is 3. The molecule has 5 rings (SSSR count). The van der Waals surface area contributed by atoms with Gasteiger partial charge in [-0.15, -0.1) is 0 Å². The number of piperidine rings is 1. The quantitative estimate of drug-likeness (QED) is 0.707. The van der Waals surface area contributed by atoms with Crippen molar-refractivity contribution >= 4 is 17.5 Å². The highest BCUT2D eigenvalue weighted by molar-refractivity contribution is 5.94. The molecular formula is C25H25F3N4O3. The molecule has 2 aromatic rings. The summed E-state index contributed by atoms with van der Waals surface area (Å²) in [4.78, 5) is 29.3. The normalized spacial score (nSPS) is 21.7. The molecule has 7 nitrogen and oxygen atoms in total. The Kier molecular flexibility index (Phi) is 5.74. The topological polar surface area (TPSA) is 89.6 Å². The van der Waals surface area contributed by atoms with Crippen LogP contribution in [-0.2, 0) is 11.0 Å². The highest BCUT2D eigenvalue weighted by atomic mass is 19.4. The number of carbonyl (C=O) groups is 2. The monoisotopic (exact) mass is 486 g/mol. The number of halogens is 3. The van der Waals surface area contributed by atoms with Crippen LogP contribution >= 0.6 is 0 Å². The minimum atomic E-state index is -4.68. The minimum absolute atomic E-state index is 0.117. The smallest absolute Gasteiger partial charge is 0.417 e. The number of benzene rings is 1. The fraction of sp³-hybridized carbons (Fsp3) is 0.480. The molecule has 1 unspecified atom stereocenters. The molecule has 1 aromatic heterocycles. The van der Waals surface area contributed by atoms with E-state index in [4.69, 9.17) is 9.68 Å². The largest absolute Gasteiger partial charge is 0.472 e. The van der Waals surface area contributed by atoms with Crippen LogP contribution < -0.4 is 10.2 Å². The number of furan rings is 1. The number of hydrogen-bond acceptors (Lipinski definition) is 5. The summed E-state index contributed by atoms with van der Waals surface area (Å²) in [6, 6.07) is 6.38. The van der Waals surface area contributed by atoms with Gasteiger partial charge in [0.15, 0.2) is 0 Å². The Bertz CT molecular complexity index is 1160. The number of nitriles is 1. The zero-order valence-electron chi connectivity index (χ0n) is 19.0. The number of likely N-dealkylation sites (tertiary alicyclic amines) is 1. The summed E-state index contributed by atoms with van der Waals surface area (Å²) < 4.78 is 45.9. The molecule has 1 atom stereocenters. The van der Waals surface area contributed by atoms with Crippen molar-refractivity contribution < 1.29 is 27.2 Å². The number of hydrogen-bond donors (Lipinski definition) is 1. The zero-order chi connectivity index (χ0) is 24.8. The van der Waals surface area contributed by atoms with Crippen molar-refractivity contribution in [2.45, 2.75) is 50.4 Å². The van der Waals surface area contributed by atoms with Gasteiger partial charge in [-0.05, 0) is 61.8 Å². The molecule has 2 saturated heterocycles. The maximum absolute atomic E-state index is 13.6. The lowest BCUT2D eigenvalue weighted by atomic mass is 9.76. The molecule has 3 fully saturated rings. The van der Waals surface area contributed by atoms with Gasteiger partial charge in [0.1, 0.15) is 12.3 Å². The summed E-state index contributed by atoms with van der Waals surface area (Å²) in [6.45, 7) is 1.40. The number of carbonyl (C=O) groups excluding carboxylic acids is 2. The van der Waals surface area contributed by atoms with Gasteiger partial charge in [0.25, 0.3) is 5.91 Å². The lowest BCUT2D eigenvalue weighted by Crippen LogP contribution is -2.44. The van der Waals surface area contributed by atoms with E-state index in [0.29, 0.717) is 44.5 Å². The van der Waals surface area contributed by atoms with Gasteiger partial charge >= 0.3 is 6.18 Å². The molecule has 35 heavy (non-hydrogen) atoms. The zero-order valence-corrected chi connectivity index (χ0v) is 19.0. The van der Waals surface area contributed by atoms with Gasteiger partial charge in [0.05, 0.1) is 29.0 Å². The van der Waals surface area contributed by atoms with E-state index in [0.717, 1.165) is 18.9 Å². The first-order valence-corrected chi connectivity index (χ1v) is 11.7. The van der Waals surface area contributed by atoms with E-state index < -0.39 is 23.3 Å². The second kappa shape index (κ2) is 8.63. The molecule has 2 aliphatic heterocycles. The fourth-order valence-corrected chi connectivity index (χ4v) is 5.24. The average Bonchev–Trinajstić information content (AvgIpc) is 3.33. The predicted molar refractivity (Wildman–Crippen MR) is 119 cm³/mol.